The SMILES string of the molecule is CC/C=C1/NC(=O)C(NP)N=C(c2ccccc2)/C1=C/CC. The Morgan fingerprint density at radius 3 is 2.50 bits per heavy atom. The lowest BCUT2D eigenvalue weighted by Gasteiger charge is -2.12. The van der Waals surface area contributed by atoms with Crippen LogP contribution in [0.5, 0.6) is 0 Å². The van der Waals surface area contributed by atoms with E-state index in [0.29, 0.717) is 0 Å². The molecule has 1 aromatic rings. The largest absolute Gasteiger partial charge is 0.323 e. The normalized spacial score (nSPS) is 22.4. The van der Waals surface area contributed by atoms with Gasteiger partial charge in [-0.1, -0.05) is 65.7 Å². The number of carbonyl (C=O) groups is 1. The van der Waals surface area contributed by atoms with E-state index < -0.39 is 6.17 Å². The van der Waals surface area contributed by atoms with Crippen LogP contribution >= 0.6 is 9.39 Å². The van der Waals surface area contributed by atoms with E-state index in [1.807, 2.05) is 36.4 Å². The Bertz CT molecular complexity index is 620. The number of hydrogen-bond donors (Lipinski definition) is 2. The molecule has 0 bridgehead atoms. The fraction of sp³-hybridized carbons (Fsp3) is 0.294. The highest BCUT2D eigenvalue weighted by atomic mass is 31.0. The van der Waals surface area contributed by atoms with Gasteiger partial charge in [0.2, 0.25) is 0 Å². The zero-order chi connectivity index (χ0) is 15.9. The van der Waals surface area contributed by atoms with E-state index in [4.69, 9.17) is 0 Å². The Labute approximate surface area is 134 Å². The van der Waals surface area contributed by atoms with Gasteiger partial charge < -0.3 is 5.32 Å². The molecule has 0 spiro atoms. The number of allylic oxidation sites excluding steroid dienone is 3. The topological polar surface area (TPSA) is 53.5 Å². The maximum Gasteiger partial charge on any atom is 0.264 e. The second-order valence-corrected chi connectivity index (χ2v) is 5.29. The standard InChI is InChI=1S/C17H22N3OP/c1-3-8-13-14(9-4-2)18-17(21)16(20-22)19-15(13)12-10-6-5-7-11-12/h5-11,16,20H,3-4,22H2,1-2H3,(H,18,21)/b13-8+,14-9+. The number of aliphatic imine (C=N–C) groups is 1. The number of benzene rings is 1. The molecule has 1 aliphatic rings. The first kappa shape index (κ1) is 16.6. The Hall–Kier alpha value is -1.77. The Morgan fingerprint density at radius 2 is 1.91 bits per heavy atom. The van der Waals surface area contributed by atoms with E-state index >= 15 is 0 Å². The molecule has 1 aromatic carbocycles. The van der Waals surface area contributed by atoms with Crippen molar-refractivity contribution in [2.24, 2.45) is 4.99 Å². The van der Waals surface area contributed by atoms with Gasteiger partial charge >= 0.3 is 0 Å². The fourth-order valence-electron chi connectivity index (χ4n) is 2.37. The Kier molecular flexibility index (Phi) is 6.05. The molecule has 0 saturated carbocycles. The first-order valence-corrected chi connectivity index (χ1v) is 8.10. The van der Waals surface area contributed by atoms with Crippen molar-refractivity contribution < 1.29 is 4.79 Å². The molecule has 1 aliphatic heterocycles. The van der Waals surface area contributed by atoms with Crippen molar-refractivity contribution in [3.05, 3.63) is 59.3 Å². The molecule has 2 atom stereocenters. The van der Waals surface area contributed by atoms with Crippen LogP contribution in [0.4, 0.5) is 0 Å². The molecule has 0 saturated heterocycles. The number of carbonyl (C=O) groups excluding carboxylic acids is 1. The predicted molar refractivity (Wildman–Crippen MR) is 94.5 cm³/mol. The van der Waals surface area contributed by atoms with Crippen molar-refractivity contribution in [1.82, 2.24) is 10.4 Å². The van der Waals surface area contributed by atoms with Crippen LogP contribution in [0.25, 0.3) is 0 Å². The van der Waals surface area contributed by atoms with Crippen molar-refractivity contribution >= 4 is 21.0 Å². The third kappa shape index (κ3) is 3.70. The lowest BCUT2D eigenvalue weighted by atomic mass is 9.98. The molecule has 2 unspecified atom stereocenters. The smallest absolute Gasteiger partial charge is 0.264 e. The van der Waals surface area contributed by atoms with Crippen molar-refractivity contribution in [3.63, 3.8) is 0 Å². The third-order valence-corrected chi connectivity index (χ3v) is 3.65. The van der Waals surface area contributed by atoms with E-state index in [1.165, 1.54) is 0 Å². The molecule has 2 N–H and O–H groups in total. The van der Waals surface area contributed by atoms with Crippen molar-refractivity contribution in [2.45, 2.75) is 32.9 Å². The second-order valence-electron chi connectivity index (χ2n) is 4.95. The van der Waals surface area contributed by atoms with Gasteiger partial charge in [-0.25, -0.2) is 0 Å². The van der Waals surface area contributed by atoms with Crippen LogP contribution < -0.4 is 10.4 Å². The van der Waals surface area contributed by atoms with Crippen LogP contribution in [0, 0.1) is 0 Å². The highest BCUT2D eigenvalue weighted by Gasteiger charge is 2.26. The first-order valence-electron chi connectivity index (χ1n) is 7.52. The lowest BCUT2D eigenvalue weighted by Crippen LogP contribution is -2.37. The van der Waals surface area contributed by atoms with Crippen LogP contribution in [-0.4, -0.2) is 17.8 Å². The molecule has 0 radical (unpaired) electrons. The Balaban J connectivity index is 2.62. The molecule has 4 nitrogen and oxygen atoms in total. The molecule has 2 rings (SSSR count). The number of nitrogens with one attached hydrogen (secondary N) is 2. The fourth-order valence-corrected chi connectivity index (χ4v) is 2.59. The minimum absolute atomic E-state index is 0.150. The van der Waals surface area contributed by atoms with Crippen LogP contribution in [0.2, 0.25) is 0 Å². The average Bonchev–Trinajstić information content (AvgIpc) is 2.66. The van der Waals surface area contributed by atoms with Crippen LogP contribution in [-0.2, 0) is 4.79 Å². The van der Waals surface area contributed by atoms with Gasteiger partial charge in [0, 0.05) is 16.8 Å². The quantitative estimate of drug-likeness (QED) is 0.839. The van der Waals surface area contributed by atoms with Crippen LogP contribution in [0.3, 0.4) is 0 Å². The monoisotopic (exact) mass is 315 g/mol. The van der Waals surface area contributed by atoms with Crippen LogP contribution in [0.1, 0.15) is 32.3 Å². The minimum atomic E-state index is -0.622. The highest BCUT2D eigenvalue weighted by molar-refractivity contribution is 7.13. The van der Waals surface area contributed by atoms with Gasteiger partial charge in [-0.15, -0.1) is 0 Å². The van der Waals surface area contributed by atoms with Gasteiger partial charge in [-0.05, 0) is 12.8 Å². The summed E-state index contributed by atoms with van der Waals surface area (Å²) in [6.07, 6.45) is 5.24. The summed E-state index contributed by atoms with van der Waals surface area (Å²) in [6.45, 7) is 4.13. The highest BCUT2D eigenvalue weighted by Crippen LogP contribution is 2.21. The number of nitrogens with zero attached hydrogens (tertiary/aromatic N) is 1. The third-order valence-electron chi connectivity index (χ3n) is 3.33. The second kappa shape index (κ2) is 8.02. The van der Waals surface area contributed by atoms with E-state index in [-0.39, 0.29) is 5.91 Å². The summed E-state index contributed by atoms with van der Waals surface area (Å²) >= 11 is 0. The van der Waals surface area contributed by atoms with Crippen molar-refractivity contribution in [2.75, 3.05) is 0 Å². The maximum absolute atomic E-state index is 12.3. The molecule has 22 heavy (non-hydrogen) atoms. The average molecular weight is 315 g/mol. The molecule has 116 valence electrons. The number of rotatable bonds is 4. The van der Waals surface area contributed by atoms with E-state index in [9.17, 15) is 4.79 Å². The van der Waals surface area contributed by atoms with Crippen molar-refractivity contribution in [1.29, 1.82) is 0 Å². The van der Waals surface area contributed by atoms with Gasteiger partial charge in [-0.2, -0.15) is 0 Å². The first-order chi connectivity index (χ1) is 10.7. The van der Waals surface area contributed by atoms with Crippen LogP contribution in [0.15, 0.2) is 58.7 Å². The lowest BCUT2D eigenvalue weighted by molar-refractivity contribution is -0.121. The summed E-state index contributed by atoms with van der Waals surface area (Å²) in [4.78, 5) is 16.9. The predicted octanol–water partition coefficient (Wildman–Crippen LogP) is 2.94. The number of hydrogen-bond acceptors (Lipinski definition) is 3. The van der Waals surface area contributed by atoms with E-state index in [2.05, 4.69) is 44.7 Å². The van der Waals surface area contributed by atoms with Gasteiger partial charge in [0.25, 0.3) is 5.91 Å². The zero-order valence-electron chi connectivity index (χ0n) is 13.0. The molecule has 0 aliphatic carbocycles. The Morgan fingerprint density at radius 1 is 1.23 bits per heavy atom. The molecule has 5 heteroatoms. The van der Waals surface area contributed by atoms with Gasteiger partial charge in [0.15, 0.2) is 6.17 Å². The van der Waals surface area contributed by atoms with E-state index in [0.717, 1.165) is 35.4 Å². The van der Waals surface area contributed by atoms with Crippen molar-refractivity contribution in [3.8, 4) is 0 Å². The molecule has 1 amide bonds. The van der Waals surface area contributed by atoms with Gasteiger partial charge in [0.05, 0.1) is 5.71 Å². The summed E-state index contributed by atoms with van der Waals surface area (Å²) < 4.78 is 0. The van der Waals surface area contributed by atoms with Gasteiger partial charge in [-0.3, -0.25) is 14.9 Å². The molecule has 1 heterocycles. The minimum Gasteiger partial charge on any atom is -0.323 e. The molecular formula is C17H22N3OP. The summed E-state index contributed by atoms with van der Waals surface area (Å²) in [5.74, 6) is -0.150. The molecular weight excluding hydrogens is 293 g/mol. The number of amides is 1. The van der Waals surface area contributed by atoms with Gasteiger partial charge in [0.1, 0.15) is 0 Å². The summed E-state index contributed by atoms with van der Waals surface area (Å²) in [7, 11) is 2.37. The summed E-state index contributed by atoms with van der Waals surface area (Å²) in [5, 5.41) is 5.86. The molecule has 0 fully saturated rings. The van der Waals surface area contributed by atoms with E-state index in [1.54, 1.807) is 0 Å². The summed E-state index contributed by atoms with van der Waals surface area (Å²) in [6, 6.07) is 9.96. The maximum atomic E-state index is 12.3. The molecule has 0 aromatic heterocycles. The zero-order valence-corrected chi connectivity index (χ0v) is 14.1. The summed E-state index contributed by atoms with van der Waals surface area (Å²) in [5.41, 5.74) is 3.65.